The zero-order valence-electron chi connectivity index (χ0n) is 9.27. The monoisotopic (exact) mass is 250 g/mol. The highest BCUT2D eigenvalue weighted by atomic mass is 35.5. The molecule has 2 aromatic rings. The van der Waals surface area contributed by atoms with E-state index in [9.17, 15) is 4.79 Å². The van der Waals surface area contributed by atoms with Gasteiger partial charge < -0.3 is 9.15 Å². The molecule has 1 aromatic heterocycles. The Kier molecular flexibility index (Phi) is 3.49. The van der Waals surface area contributed by atoms with Crippen molar-refractivity contribution in [3.63, 3.8) is 0 Å². The first-order chi connectivity index (χ1) is 8.19. The molecule has 0 spiro atoms. The minimum Gasteiger partial charge on any atom is -0.486 e. The lowest BCUT2D eigenvalue weighted by Gasteiger charge is -2.05. The number of ether oxygens (including phenoxy) is 1. The van der Waals surface area contributed by atoms with E-state index in [1.165, 1.54) is 0 Å². The number of aryl methyl sites for hydroxylation is 1. The van der Waals surface area contributed by atoms with E-state index in [4.69, 9.17) is 20.8 Å². The number of furan rings is 1. The summed E-state index contributed by atoms with van der Waals surface area (Å²) in [5.41, 5.74) is 0.956. The Labute approximate surface area is 104 Å². The van der Waals surface area contributed by atoms with E-state index >= 15 is 0 Å². The van der Waals surface area contributed by atoms with Gasteiger partial charge in [0.1, 0.15) is 18.1 Å². The van der Waals surface area contributed by atoms with Crippen LogP contribution in [0, 0.1) is 6.92 Å². The fourth-order valence-corrected chi connectivity index (χ4v) is 1.51. The molecular formula is C13H11ClO3. The van der Waals surface area contributed by atoms with E-state index in [1.807, 2.05) is 13.0 Å². The highest BCUT2D eigenvalue weighted by Crippen LogP contribution is 2.22. The molecule has 0 amide bonds. The van der Waals surface area contributed by atoms with Crippen molar-refractivity contribution in [1.29, 1.82) is 0 Å². The number of hydrogen-bond donors (Lipinski definition) is 0. The maximum absolute atomic E-state index is 10.4. The van der Waals surface area contributed by atoms with Crippen LogP contribution in [0.1, 0.15) is 21.9 Å². The minimum absolute atomic E-state index is 0.287. The van der Waals surface area contributed by atoms with Crippen molar-refractivity contribution >= 4 is 17.9 Å². The van der Waals surface area contributed by atoms with Gasteiger partial charge in [-0.1, -0.05) is 11.6 Å². The zero-order chi connectivity index (χ0) is 12.3. The third kappa shape index (κ3) is 2.88. The summed E-state index contributed by atoms with van der Waals surface area (Å²) in [4.78, 5) is 10.4. The number of carbonyl (C=O) groups is 1. The molecule has 0 aliphatic rings. The molecule has 0 N–H and O–H groups in total. The van der Waals surface area contributed by atoms with Crippen LogP contribution in [-0.4, -0.2) is 6.29 Å². The largest absolute Gasteiger partial charge is 0.486 e. The van der Waals surface area contributed by atoms with Gasteiger partial charge in [-0.25, -0.2) is 0 Å². The average Bonchev–Trinajstić information content (AvgIpc) is 2.79. The van der Waals surface area contributed by atoms with Crippen LogP contribution in [0.15, 0.2) is 34.7 Å². The van der Waals surface area contributed by atoms with Crippen LogP contribution in [-0.2, 0) is 6.61 Å². The summed E-state index contributed by atoms with van der Waals surface area (Å²) < 4.78 is 10.7. The summed E-state index contributed by atoms with van der Waals surface area (Å²) in [5.74, 6) is 1.63. The van der Waals surface area contributed by atoms with Crippen molar-refractivity contribution in [2.75, 3.05) is 0 Å². The van der Waals surface area contributed by atoms with Gasteiger partial charge in [0.25, 0.3) is 0 Å². The molecule has 88 valence electrons. The smallest absolute Gasteiger partial charge is 0.185 e. The van der Waals surface area contributed by atoms with Gasteiger partial charge in [0.05, 0.1) is 0 Å². The fraction of sp³-hybridized carbons (Fsp3) is 0.154. The number of aldehydes is 1. The normalized spacial score (nSPS) is 10.2. The number of halogens is 1. The van der Waals surface area contributed by atoms with Crippen LogP contribution in [0.5, 0.6) is 5.75 Å². The molecule has 1 heterocycles. The van der Waals surface area contributed by atoms with Gasteiger partial charge >= 0.3 is 0 Å². The lowest BCUT2D eigenvalue weighted by Crippen LogP contribution is -1.94. The van der Waals surface area contributed by atoms with E-state index in [0.717, 1.165) is 11.3 Å². The quantitative estimate of drug-likeness (QED) is 0.778. The maximum atomic E-state index is 10.4. The first-order valence-electron chi connectivity index (χ1n) is 5.12. The first kappa shape index (κ1) is 11.7. The first-order valence-corrected chi connectivity index (χ1v) is 5.49. The van der Waals surface area contributed by atoms with E-state index in [1.54, 1.807) is 24.3 Å². The predicted octanol–water partition coefficient (Wildman–Crippen LogP) is 3.63. The van der Waals surface area contributed by atoms with Gasteiger partial charge in [-0.05, 0) is 42.8 Å². The molecule has 4 heteroatoms. The molecule has 17 heavy (non-hydrogen) atoms. The molecule has 2 rings (SSSR count). The highest BCUT2D eigenvalue weighted by molar-refractivity contribution is 6.31. The summed E-state index contributed by atoms with van der Waals surface area (Å²) >= 11 is 5.91. The second-order valence-electron chi connectivity index (χ2n) is 3.62. The number of rotatable bonds is 4. The topological polar surface area (TPSA) is 39.4 Å². The molecule has 0 aliphatic heterocycles. The fourth-order valence-electron chi connectivity index (χ4n) is 1.40. The molecule has 0 atom stereocenters. The Morgan fingerprint density at radius 2 is 2.18 bits per heavy atom. The van der Waals surface area contributed by atoms with Crippen molar-refractivity contribution in [2.24, 2.45) is 0 Å². The van der Waals surface area contributed by atoms with Crippen molar-refractivity contribution < 1.29 is 13.9 Å². The highest BCUT2D eigenvalue weighted by Gasteiger charge is 2.03. The van der Waals surface area contributed by atoms with Crippen LogP contribution in [0.2, 0.25) is 5.02 Å². The van der Waals surface area contributed by atoms with Crippen molar-refractivity contribution in [3.05, 3.63) is 52.4 Å². The third-order valence-electron chi connectivity index (χ3n) is 2.31. The second-order valence-corrected chi connectivity index (χ2v) is 4.03. The Hall–Kier alpha value is -1.74. The standard InChI is InChI=1S/C13H11ClO3/c1-9-6-10(4-5-13(9)14)16-8-12-3-2-11(7-15)17-12/h2-7H,8H2,1H3. The van der Waals surface area contributed by atoms with Crippen molar-refractivity contribution in [2.45, 2.75) is 13.5 Å². The molecular weight excluding hydrogens is 240 g/mol. The Bertz CT molecular complexity index is 531. The van der Waals surface area contributed by atoms with Gasteiger partial charge in [0.2, 0.25) is 0 Å². The predicted molar refractivity (Wildman–Crippen MR) is 64.6 cm³/mol. The molecule has 0 unspecified atom stereocenters. The third-order valence-corrected chi connectivity index (χ3v) is 2.73. The van der Waals surface area contributed by atoms with E-state index in [-0.39, 0.29) is 6.61 Å². The molecule has 0 aliphatic carbocycles. The van der Waals surface area contributed by atoms with Crippen molar-refractivity contribution in [3.8, 4) is 5.75 Å². The Balaban J connectivity index is 2.01. The lowest BCUT2D eigenvalue weighted by atomic mass is 10.2. The Morgan fingerprint density at radius 1 is 1.35 bits per heavy atom. The van der Waals surface area contributed by atoms with Crippen LogP contribution in [0.25, 0.3) is 0 Å². The second kappa shape index (κ2) is 5.06. The van der Waals surface area contributed by atoms with Gasteiger partial charge in [-0.3, -0.25) is 4.79 Å². The Morgan fingerprint density at radius 3 is 2.82 bits per heavy atom. The summed E-state index contributed by atoms with van der Waals surface area (Å²) in [6.07, 6.45) is 0.663. The SMILES string of the molecule is Cc1cc(OCc2ccc(C=O)o2)ccc1Cl. The van der Waals surface area contributed by atoms with E-state index < -0.39 is 0 Å². The number of hydrogen-bond acceptors (Lipinski definition) is 3. The molecule has 0 saturated heterocycles. The zero-order valence-corrected chi connectivity index (χ0v) is 10.0. The maximum Gasteiger partial charge on any atom is 0.185 e. The molecule has 3 nitrogen and oxygen atoms in total. The molecule has 0 bridgehead atoms. The van der Waals surface area contributed by atoms with Gasteiger partial charge in [0.15, 0.2) is 12.0 Å². The van der Waals surface area contributed by atoms with Crippen LogP contribution in [0.3, 0.4) is 0 Å². The summed E-state index contributed by atoms with van der Waals surface area (Å²) in [7, 11) is 0. The van der Waals surface area contributed by atoms with Crippen LogP contribution in [0.4, 0.5) is 0 Å². The number of benzene rings is 1. The minimum atomic E-state index is 0.287. The summed E-state index contributed by atoms with van der Waals surface area (Å²) in [5, 5.41) is 0.707. The van der Waals surface area contributed by atoms with Crippen LogP contribution >= 0.6 is 11.6 Å². The number of carbonyl (C=O) groups excluding carboxylic acids is 1. The van der Waals surface area contributed by atoms with Gasteiger partial charge in [-0.2, -0.15) is 0 Å². The average molecular weight is 251 g/mol. The van der Waals surface area contributed by atoms with Crippen LogP contribution < -0.4 is 4.74 Å². The molecule has 0 radical (unpaired) electrons. The summed E-state index contributed by atoms with van der Waals surface area (Å²) in [6, 6.07) is 8.75. The molecule has 0 fully saturated rings. The van der Waals surface area contributed by atoms with Crippen molar-refractivity contribution in [1.82, 2.24) is 0 Å². The van der Waals surface area contributed by atoms with Gasteiger partial charge in [-0.15, -0.1) is 0 Å². The molecule has 1 aromatic carbocycles. The lowest BCUT2D eigenvalue weighted by molar-refractivity contribution is 0.109. The molecule has 0 saturated carbocycles. The van der Waals surface area contributed by atoms with E-state index in [0.29, 0.717) is 22.8 Å². The van der Waals surface area contributed by atoms with Gasteiger partial charge in [0, 0.05) is 5.02 Å². The van der Waals surface area contributed by atoms with E-state index in [2.05, 4.69) is 0 Å². The summed E-state index contributed by atoms with van der Waals surface area (Å²) in [6.45, 7) is 2.20.